The molecule has 2 aliphatic rings. The highest BCUT2D eigenvalue weighted by atomic mass is 35.5. The van der Waals surface area contributed by atoms with Crippen LogP contribution in [-0.4, -0.2) is 52.2 Å². The Labute approximate surface area is 149 Å². The number of furan rings is 1. The summed E-state index contributed by atoms with van der Waals surface area (Å²) in [6.07, 6.45) is 1.75. The molecule has 2 aromatic rings. The lowest BCUT2D eigenvalue weighted by Crippen LogP contribution is -2.35. The van der Waals surface area contributed by atoms with Crippen molar-refractivity contribution in [3.63, 3.8) is 0 Å². The summed E-state index contributed by atoms with van der Waals surface area (Å²) in [5, 5.41) is 12.5. The lowest BCUT2D eigenvalue weighted by atomic mass is 10.1. The smallest absolute Gasteiger partial charge is 0.407 e. The van der Waals surface area contributed by atoms with E-state index in [4.69, 9.17) is 21.9 Å². The Hall–Kier alpha value is -2.38. The Morgan fingerprint density at radius 2 is 2.08 bits per heavy atom. The van der Waals surface area contributed by atoms with Crippen molar-refractivity contribution in [2.24, 2.45) is 5.84 Å². The Bertz CT molecular complexity index is 863. The van der Waals surface area contributed by atoms with E-state index >= 15 is 0 Å². The summed E-state index contributed by atoms with van der Waals surface area (Å²) in [6, 6.07) is 5.56. The predicted molar refractivity (Wildman–Crippen MR) is 94.7 cm³/mol. The third kappa shape index (κ3) is 2.89. The van der Waals surface area contributed by atoms with Crippen molar-refractivity contribution in [1.82, 2.24) is 14.8 Å². The second-order valence-corrected chi connectivity index (χ2v) is 6.78. The number of fused-ring (bicyclic) bond motifs is 3. The largest absolute Gasteiger partial charge is 0.465 e. The molecule has 8 heteroatoms. The minimum atomic E-state index is -0.876. The van der Waals surface area contributed by atoms with Crippen LogP contribution >= 0.6 is 11.6 Å². The van der Waals surface area contributed by atoms with Crippen LogP contribution in [0.15, 0.2) is 28.8 Å². The zero-order chi connectivity index (χ0) is 17.6. The standard InChI is InChI=1S/C17H19ClN4O3/c18-11-2-3-15-12(8-11)13-9-22(19)10-14(16(13)25-15)20-4-1-5-21(7-6-20)17(23)24/h2-3,8,10H,1,4-7,9,19H2,(H,23,24). The Kier molecular flexibility index (Phi) is 3.97. The second kappa shape index (κ2) is 6.16. The third-order valence-corrected chi connectivity index (χ3v) is 4.96. The van der Waals surface area contributed by atoms with Crippen molar-refractivity contribution in [2.45, 2.75) is 13.0 Å². The number of amides is 1. The summed E-state index contributed by atoms with van der Waals surface area (Å²) in [5.74, 6) is 6.89. The van der Waals surface area contributed by atoms with Gasteiger partial charge in [0.15, 0.2) is 5.76 Å². The molecule has 3 heterocycles. The summed E-state index contributed by atoms with van der Waals surface area (Å²) in [6.45, 7) is 2.89. The highest BCUT2D eigenvalue weighted by Crippen LogP contribution is 2.37. The van der Waals surface area contributed by atoms with Crippen LogP contribution < -0.4 is 5.84 Å². The lowest BCUT2D eigenvalue weighted by Gasteiger charge is -2.30. The monoisotopic (exact) mass is 362 g/mol. The van der Waals surface area contributed by atoms with Crippen molar-refractivity contribution in [1.29, 1.82) is 0 Å². The lowest BCUT2D eigenvalue weighted by molar-refractivity contribution is 0.147. The van der Waals surface area contributed by atoms with E-state index in [2.05, 4.69) is 4.90 Å². The quantitative estimate of drug-likeness (QED) is 0.759. The molecule has 0 saturated carbocycles. The molecule has 3 N–H and O–H groups in total. The maximum absolute atomic E-state index is 11.2. The molecule has 0 unspecified atom stereocenters. The minimum absolute atomic E-state index is 0.457. The van der Waals surface area contributed by atoms with Crippen LogP contribution in [0.25, 0.3) is 16.7 Å². The van der Waals surface area contributed by atoms with Crippen molar-refractivity contribution in [3.8, 4) is 0 Å². The van der Waals surface area contributed by atoms with Crippen LogP contribution in [0, 0.1) is 0 Å². The first-order chi connectivity index (χ1) is 12.0. The van der Waals surface area contributed by atoms with E-state index in [1.54, 1.807) is 11.1 Å². The first kappa shape index (κ1) is 16.1. The average molecular weight is 363 g/mol. The Balaban J connectivity index is 1.71. The molecule has 132 valence electrons. The van der Waals surface area contributed by atoms with Gasteiger partial charge in [0.25, 0.3) is 0 Å². The number of halogens is 1. The van der Waals surface area contributed by atoms with Crippen molar-refractivity contribution in [3.05, 3.63) is 40.7 Å². The maximum Gasteiger partial charge on any atom is 0.407 e. The Morgan fingerprint density at radius 1 is 1.24 bits per heavy atom. The van der Waals surface area contributed by atoms with Gasteiger partial charge in [-0.2, -0.15) is 0 Å². The number of hydrogen-bond donors (Lipinski definition) is 2. The van der Waals surface area contributed by atoms with E-state index in [1.165, 1.54) is 4.90 Å². The minimum Gasteiger partial charge on any atom is -0.465 e. The first-order valence-corrected chi connectivity index (χ1v) is 8.58. The molecular weight excluding hydrogens is 344 g/mol. The third-order valence-electron chi connectivity index (χ3n) is 4.72. The van der Waals surface area contributed by atoms with Crippen molar-refractivity contribution >= 4 is 34.4 Å². The fraction of sp³-hybridized carbons (Fsp3) is 0.353. The summed E-state index contributed by atoms with van der Waals surface area (Å²) < 4.78 is 6.09. The number of hydrazine groups is 1. The van der Waals surface area contributed by atoms with Crippen LogP contribution in [0.4, 0.5) is 4.79 Å². The molecule has 0 aliphatic carbocycles. The van der Waals surface area contributed by atoms with E-state index in [1.807, 2.05) is 18.3 Å². The molecule has 0 bridgehead atoms. The number of benzene rings is 1. The molecule has 0 atom stereocenters. The summed E-state index contributed by atoms with van der Waals surface area (Å²) >= 11 is 6.13. The molecule has 1 saturated heterocycles. The van der Waals surface area contributed by atoms with Crippen molar-refractivity contribution < 1.29 is 14.3 Å². The molecule has 1 aromatic carbocycles. The second-order valence-electron chi connectivity index (χ2n) is 6.35. The van der Waals surface area contributed by atoms with Gasteiger partial charge >= 0.3 is 6.09 Å². The van der Waals surface area contributed by atoms with Crippen LogP contribution in [0.2, 0.25) is 5.02 Å². The van der Waals surface area contributed by atoms with Gasteiger partial charge in [-0.15, -0.1) is 0 Å². The molecule has 0 spiro atoms. The molecule has 7 nitrogen and oxygen atoms in total. The van der Waals surface area contributed by atoms with Gasteiger partial charge in [-0.1, -0.05) is 11.6 Å². The summed E-state index contributed by atoms with van der Waals surface area (Å²) in [5.41, 5.74) is 2.68. The number of nitrogens with zero attached hydrogens (tertiary/aromatic N) is 3. The molecular formula is C17H19ClN4O3. The van der Waals surface area contributed by atoms with Gasteiger partial charge in [-0.05, 0) is 24.6 Å². The average Bonchev–Trinajstić information content (AvgIpc) is 2.77. The first-order valence-electron chi connectivity index (χ1n) is 8.20. The van der Waals surface area contributed by atoms with E-state index in [9.17, 15) is 9.90 Å². The SMILES string of the molecule is NN1C=C(N2CCCN(C(=O)O)CC2)c2oc3ccc(Cl)cc3c2C1. The summed E-state index contributed by atoms with van der Waals surface area (Å²) in [4.78, 5) is 14.8. The van der Waals surface area contributed by atoms with Gasteiger partial charge in [-0.25, -0.2) is 10.6 Å². The fourth-order valence-electron chi connectivity index (χ4n) is 3.50. The van der Waals surface area contributed by atoms with Gasteiger partial charge < -0.3 is 24.3 Å². The molecule has 4 rings (SSSR count). The number of rotatable bonds is 1. The van der Waals surface area contributed by atoms with Crippen molar-refractivity contribution in [2.75, 3.05) is 26.2 Å². The topological polar surface area (TPSA) is 86.2 Å². The molecule has 1 aromatic heterocycles. The highest BCUT2D eigenvalue weighted by molar-refractivity contribution is 6.31. The number of hydrogen-bond acceptors (Lipinski definition) is 5. The fourth-order valence-corrected chi connectivity index (χ4v) is 3.68. The van der Waals surface area contributed by atoms with E-state index in [0.29, 0.717) is 31.2 Å². The van der Waals surface area contributed by atoms with Gasteiger partial charge in [0.2, 0.25) is 0 Å². The summed E-state index contributed by atoms with van der Waals surface area (Å²) in [7, 11) is 0. The van der Waals surface area contributed by atoms with Crippen LogP contribution in [0.1, 0.15) is 17.7 Å². The van der Waals surface area contributed by atoms with Gasteiger partial charge in [0, 0.05) is 48.4 Å². The number of nitrogens with two attached hydrogens (primary N) is 1. The predicted octanol–water partition coefficient (Wildman–Crippen LogP) is 2.76. The Morgan fingerprint density at radius 3 is 2.88 bits per heavy atom. The van der Waals surface area contributed by atoms with Gasteiger partial charge in [-0.3, -0.25) is 0 Å². The van der Waals surface area contributed by atoms with E-state index in [-0.39, 0.29) is 0 Å². The maximum atomic E-state index is 11.2. The number of carbonyl (C=O) groups is 1. The zero-order valence-corrected chi connectivity index (χ0v) is 14.4. The molecule has 0 radical (unpaired) electrons. The van der Waals surface area contributed by atoms with E-state index in [0.717, 1.165) is 41.0 Å². The van der Waals surface area contributed by atoms with Crippen LogP contribution in [0.3, 0.4) is 0 Å². The van der Waals surface area contributed by atoms with E-state index < -0.39 is 6.09 Å². The number of carboxylic acid groups (broad SMARTS) is 1. The zero-order valence-electron chi connectivity index (χ0n) is 13.6. The van der Waals surface area contributed by atoms with Gasteiger partial charge in [0.05, 0.1) is 12.2 Å². The van der Waals surface area contributed by atoms with Crippen LogP contribution in [-0.2, 0) is 6.54 Å². The molecule has 1 amide bonds. The molecule has 25 heavy (non-hydrogen) atoms. The van der Waals surface area contributed by atoms with Crippen LogP contribution in [0.5, 0.6) is 0 Å². The molecule has 2 aliphatic heterocycles. The highest BCUT2D eigenvalue weighted by Gasteiger charge is 2.28. The molecule has 1 fully saturated rings. The van der Waals surface area contributed by atoms with Gasteiger partial charge in [0.1, 0.15) is 5.58 Å². The normalized spacial score (nSPS) is 18.2.